The number of amides is 1. The first kappa shape index (κ1) is 19.8. The molecule has 1 atom stereocenters. The van der Waals surface area contributed by atoms with Crippen molar-refractivity contribution in [3.05, 3.63) is 71.1 Å². The predicted molar refractivity (Wildman–Crippen MR) is 115 cm³/mol. The summed E-state index contributed by atoms with van der Waals surface area (Å²) >= 11 is 0. The molecule has 0 aliphatic heterocycles. The highest BCUT2D eigenvalue weighted by Gasteiger charge is 2.24. The molecule has 2 N–H and O–H groups in total. The summed E-state index contributed by atoms with van der Waals surface area (Å²) in [7, 11) is 1.32. The summed E-state index contributed by atoms with van der Waals surface area (Å²) in [4.78, 5) is 28.3. The van der Waals surface area contributed by atoms with Crippen molar-refractivity contribution < 1.29 is 18.7 Å². The number of aryl methyl sites for hydroxylation is 2. The van der Waals surface area contributed by atoms with E-state index < -0.39 is 12.0 Å². The molecule has 0 saturated carbocycles. The number of H-pyrrole nitrogens is 1. The third kappa shape index (κ3) is 3.68. The third-order valence-corrected chi connectivity index (χ3v) is 5.61. The van der Waals surface area contributed by atoms with Gasteiger partial charge >= 0.3 is 5.97 Å². The van der Waals surface area contributed by atoms with E-state index in [0.29, 0.717) is 6.42 Å². The molecule has 2 aromatic heterocycles. The lowest BCUT2D eigenvalue weighted by Crippen LogP contribution is -2.43. The molecule has 30 heavy (non-hydrogen) atoms. The zero-order valence-electron chi connectivity index (χ0n) is 17.2. The fourth-order valence-corrected chi connectivity index (χ4v) is 3.80. The molecule has 0 saturated heterocycles. The number of fused-ring (bicyclic) bond motifs is 2. The van der Waals surface area contributed by atoms with Gasteiger partial charge in [0.25, 0.3) is 0 Å². The Morgan fingerprint density at radius 3 is 2.70 bits per heavy atom. The lowest BCUT2D eigenvalue weighted by molar-refractivity contribution is -0.145. The van der Waals surface area contributed by atoms with Crippen LogP contribution in [0.5, 0.6) is 0 Å². The van der Waals surface area contributed by atoms with Crippen molar-refractivity contribution in [3.63, 3.8) is 0 Å². The fourth-order valence-electron chi connectivity index (χ4n) is 3.80. The topological polar surface area (TPSA) is 84.3 Å². The van der Waals surface area contributed by atoms with Crippen molar-refractivity contribution in [1.82, 2.24) is 10.3 Å². The normalized spacial score (nSPS) is 12.2. The maximum Gasteiger partial charge on any atom is 0.328 e. The van der Waals surface area contributed by atoms with Crippen LogP contribution in [0, 0.1) is 13.8 Å². The van der Waals surface area contributed by atoms with Gasteiger partial charge in [-0.2, -0.15) is 0 Å². The van der Waals surface area contributed by atoms with E-state index >= 15 is 0 Å². The maximum atomic E-state index is 12.8. The first-order valence-electron chi connectivity index (χ1n) is 9.86. The highest BCUT2D eigenvalue weighted by atomic mass is 16.5. The summed E-state index contributed by atoms with van der Waals surface area (Å²) in [5, 5.41) is 4.77. The van der Waals surface area contributed by atoms with Gasteiger partial charge in [0.2, 0.25) is 5.91 Å². The number of rotatable bonds is 6. The average Bonchev–Trinajstić information content (AvgIpc) is 3.34. The predicted octanol–water partition coefficient (Wildman–Crippen LogP) is 3.97. The first-order valence-corrected chi connectivity index (χ1v) is 9.86. The first-order chi connectivity index (χ1) is 14.5. The van der Waals surface area contributed by atoms with Crippen LogP contribution in [0.25, 0.3) is 21.9 Å². The van der Waals surface area contributed by atoms with Crippen molar-refractivity contribution in [2.45, 2.75) is 32.7 Å². The second kappa shape index (κ2) is 8.06. The van der Waals surface area contributed by atoms with Crippen LogP contribution < -0.4 is 5.32 Å². The molecule has 0 aliphatic carbocycles. The largest absolute Gasteiger partial charge is 0.467 e. The van der Waals surface area contributed by atoms with E-state index in [-0.39, 0.29) is 12.3 Å². The monoisotopic (exact) mass is 404 g/mol. The third-order valence-electron chi connectivity index (χ3n) is 5.61. The summed E-state index contributed by atoms with van der Waals surface area (Å²) in [5.74, 6) is -0.733. The van der Waals surface area contributed by atoms with E-state index in [1.165, 1.54) is 7.11 Å². The van der Waals surface area contributed by atoms with Crippen LogP contribution in [0.3, 0.4) is 0 Å². The zero-order chi connectivity index (χ0) is 21.3. The minimum atomic E-state index is -0.774. The van der Waals surface area contributed by atoms with E-state index in [1.807, 2.05) is 56.4 Å². The number of hydrogen-bond acceptors (Lipinski definition) is 4. The van der Waals surface area contributed by atoms with Gasteiger partial charge in [-0.25, -0.2) is 4.79 Å². The van der Waals surface area contributed by atoms with Crippen LogP contribution in [-0.2, 0) is 27.2 Å². The number of aromatic amines is 1. The van der Waals surface area contributed by atoms with Crippen LogP contribution in [0.4, 0.5) is 0 Å². The number of aromatic nitrogens is 1. The molecular weight excluding hydrogens is 380 g/mol. The lowest BCUT2D eigenvalue weighted by Gasteiger charge is -2.16. The SMILES string of the molecule is COC(=O)[C@@H](Cc1c[nH]c2ccccc12)NC(=O)Cc1coc2c(C)c(C)ccc12. The smallest absolute Gasteiger partial charge is 0.328 e. The Bertz CT molecular complexity index is 1230. The Kier molecular flexibility index (Phi) is 5.31. The Morgan fingerprint density at radius 2 is 1.90 bits per heavy atom. The Morgan fingerprint density at radius 1 is 1.10 bits per heavy atom. The van der Waals surface area contributed by atoms with Gasteiger partial charge in [0.1, 0.15) is 11.6 Å². The number of esters is 1. The molecule has 4 aromatic rings. The Hall–Kier alpha value is -3.54. The van der Waals surface area contributed by atoms with E-state index in [4.69, 9.17) is 9.15 Å². The molecule has 4 rings (SSSR count). The number of ether oxygens (including phenoxy) is 1. The van der Waals surface area contributed by atoms with E-state index in [9.17, 15) is 9.59 Å². The van der Waals surface area contributed by atoms with Crippen molar-refractivity contribution in [2.75, 3.05) is 7.11 Å². The van der Waals surface area contributed by atoms with E-state index in [0.717, 1.165) is 44.1 Å². The number of nitrogens with one attached hydrogen (secondary N) is 2. The summed E-state index contributed by atoms with van der Waals surface area (Å²) in [5.41, 5.74) is 5.71. The average molecular weight is 404 g/mol. The van der Waals surface area contributed by atoms with Crippen molar-refractivity contribution in [2.24, 2.45) is 0 Å². The van der Waals surface area contributed by atoms with Crippen LogP contribution in [-0.4, -0.2) is 30.0 Å². The molecule has 1 amide bonds. The molecule has 0 aliphatic rings. The van der Waals surface area contributed by atoms with Gasteiger partial charge in [0.05, 0.1) is 19.8 Å². The second-order valence-corrected chi connectivity index (χ2v) is 7.53. The molecule has 0 spiro atoms. The Balaban J connectivity index is 1.53. The molecule has 0 bridgehead atoms. The highest BCUT2D eigenvalue weighted by molar-refractivity contribution is 5.92. The van der Waals surface area contributed by atoms with Gasteiger partial charge in [-0.1, -0.05) is 30.3 Å². The van der Waals surface area contributed by atoms with Gasteiger partial charge in [-0.05, 0) is 36.6 Å². The zero-order valence-corrected chi connectivity index (χ0v) is 17.2. The molecule has 0 radical (unpaired) electrons. The maximum absolute atomic E-state index is 12.8. The van der Waals surface area contributed by atoms with Crippen LogP contribution in [0.1, 0.15) is 22.3 Å². The molecule has 0 fully saturated rings. The van der Waals surface area contributed by atoms with Crippen molar-refractivity contribution in [1.29, 1.82) is 0 Å². The quantitative estimate of drug-likeness (QED) is 0.476. The molecule has 2 heterocycles. The van der Waals surface area contributed by atoms with Crippen LogP contribution in [0.15, 0.2) is 53.3 Å². The summed E-state index contributed by atoms with van der Waals surface area (Å²) < 4.78 is 10.6. The van der Waals surface area contributed by atoms with E-state index in [1.54, 1.807) is 6.26 Å². The Labute approximate surface area is 174 Å². The number of methoxy groups -OCH3 is 1. The van der Waals surface area contributed by atoms with Gasteiger partial charge in [-0.15, -0.1) is 0 Å². The van der Waals surface area contributed by atoms with Crippen molar-refractivity contribution >= 4 is 33.7 Å². The molecule has 6 nitrogen and oxygen atoms in total. The van der Waals surface area contributed by atoms with Crippen molar-refractivity contribution in [3.8, 4) is 0 Å². The number of hydrogen-bond donors (Lipinski definition) is 2. The molecular formula is C24H24N2O4. The number of carbonyl (C=O) groups is 2. The summed E-state index contributed by atoms with van der Waals surface area (Å²) in [6.07, 6.45) is 3.94. The molecule has 2 aromatic carbocycles. The second-order valence-electron chi connectivity index (χ2n) is 7.53. The van der Waals surface area contributed by atoms with Crippen LogP contribution >= 0.6 is 0 Å². The van der Waals surface area contributed by atoms with E-state index in [2.05, 4.69) is 10.3 Å². The minimum Gasteiger partial charge on any atom is -0.467 e. The molecule has 0 unspecified atom stereocenters. The fraction of sp³-hybridized carbons (Fsp3) is 0.250. The van der Waals surface area contributed by atoms with Crippen LogP contribution in [0.2, 0.25) is 0 Å². The summed E-state index contributed by atoms with van der Waals surface area (Å²) in [6, 6.07) is 11.1. The molecule has 154 valence electrons. The highest BCUT2D eigenvalue weighted by Crippen LogP contribution is 2.27. The number of carbonyl (C=O) groups excluding carboxylic acids is 2. The number of para-hydroxylation sites is 1. The minimum absolute atomic E-state index is 0.122. The van der Waals surface area contributed by atoms with Gasteiger partial charge in [-0.3, -0.25) is 4.79 Å². The van der Waals surface area contributed by atoms with Gasteiger partial charge < -0.3 is 19.5 Å². The lowest BCUT2D eigenvalue weighted by atomic mass is 10.0. The number of furan rings is 1. The van der Waals surface area contributed by atoms with Gasteiger partial charge in [0, 0.05) is 34.5 Å². The van der Waals surface area contributed by atoms with Gasteiger partial charge in [0.15, 0.2) is 0 Å². The standard InChI is InChI=1S/C24H24N2O4/c1-14-8-9-19-17(13-30-23(19)15(14)2)11-22(27)26-21(24(28)29-3)10-16-12-25-20-7-5-4-6-18(16)20/h4-9,12-13,21,25H,10-11H2,1-3H3,(H,26,27)/t21-/m1/s1. The summed E-state index contributed by atoms with van der Waals surface area (Å²) in [6.45, 7) is 4.02. The number of benzene rings is 2. The molecule has 6 heteroatoms.